The lowest BCUT2D eigenvalue weighted by atomic mass is 10.1. The highest BCUT2D eigenvalue weighted by atomic mass is 32.1. The number of carbonyl (C=O) groups excluding carboxylic acids is 1. The first-order valence-electron chi connectivity index (χ1n) is 7.32. The van der Waals surface area contributed by atoms with Crippen LogP contribution >= 0.6 is 11.3 Å². The Morgan fingerprint density at radius 3 is 2.77 bits per heavy atom. The van der Waals surface area contributed by atoms with Crippen molar-refractivity contribution in [3.8, 4) is 5.75 Å². The van der Waals surface area contributed by atoms with E-state index in [-0.39, 0.29) is 12.2 Å². The molecule has 1 amide bonds. The van der Waals surface area contributed by atoms with Gasteiger partial charge in [0, 0.05) is 0 Å². The number of hydrogen-bond acceptors (Lipinski definition) is 5. The zero-order chi connectivity index (χ0) is 15.9. The van der Waals surface area contributed by atoms with Gasteiger partial charge in [-0.05, 0) is 39.8 Å². The largest absolute Gasteiger partial charge is 0.484 e. The van der Waals surface area contributed by atoms with Crippen molar-refractivity contribution in [2.75, 3.05) is 13.1 Å². The molecule has 1 aliphatic rings. The second-order valence-corrected chi connectivity index (χ2v) is 7.70. The zero-order valence-corrected chi connectivity index (χ0v) is 14.1. The SMILES string of the molecule is Cc1nc2c(OC3CN(C(=O)OC(C)(C)C)C3)cccc2s1. The van der Waals surface area contributed by atoms with Gasteiger partial charge in [0.15, 0.2) is 0 Å². The van der Waals surface area contributed by atoms with Crippen LogP contribution in [0.25, 0.3) is 10.2 Å². The molecule has 3 rings (SSSR count). The summed E-state index contributed by atoms with van der Waals surface area (Å²) in [4.78, 5) is 18.1. The smallest absolute Gasteiger partial charge is 0.410 e. The molecule has 0 spiro atoms. The minimum atomic E-state index is -0.466. The molecule has 1 saturated heterocycles. The Morgan fingerprint density at radius 1 is 1.36 bits per heavy atom. The minimum Gasteiger partial charge on any atom is -0.484 e. The fourth-order valence-electron chi connectivity index (χ4n) is 2.30. The number of ether oxygens (including phenoxy) is 2. The van der Waals surface area contributed by atoms with Crippen molar-refractivity contribution in [3.63, 3.8) is 0 Å². The summed E-state index contributed by atoms with van der Waals surface area (Å²) in [6.07, 6.45) is -0.282. The molecule has 0 N–H and O–H groups in total. The Hall–Kier alpha value is -1.82. The Morgan fingerprint density at radius 2 is 2.09 bits per heavy atom. The van der Waals surface area contributed by atoms with Gasteiger partial charge in [-0.1, -0.05) is 6.07 Å². The maximum atomic E-state index is 11.9. The van der Waals surface area contributed by atoms with Gasteiger partial charge in [0.25, 0.3) is 0 Å². The van der Waals surface area contributed by atoms with Crippen LogP contribution in [0.1, 0.15) is 25.8 Å². The molecule has 1 fully saturated rings. The number of thiazole rings is 1. The summed E-state index contributed by atoms with van der Waals surface area (Å²) in [5.74, 6) is 0.788. The highest BCUT2D eigenvalue weighted by molar-refractivity contribution is 7.18. The van der Waals surface area contributed by atoms with E-state index in [0.717, 1.165) is 21.0 Å². The third-order valence-corrected chi connectivity index (χ3v) is 4.22. The number of benzene rings is 1. The monoisotopic (exact) mass is 320 g/mol. The van der Waals surface area contributed by atoms with Crippen LogP contribution in [0.15, 0.2) is 18.2 Å². The Labute approximate surface area is 133 Å². The summed E-state index contributed by atoms with van der Waals surface area (Å²) in [5, 5.41) is 1.02. The topological polar surface area (TPSA) is 51.7 Å². The number of amides is 1. The van der Waals surface area contributed by atoms with Crippen molar-refractivity contribution in [1.82, 2.24) is 9.88 Å². The maximum absolute atomic E-state index is 11.9. The fourth-order valence-corrected chi connectivity index (χ4v) is 3.14. The molecule has 1 aromatic carbocycles. The number of nitrogens with zero attached hydrogens (tertiary/aromatic N) is 2. The summed E-state index contributed by atoms with van der Waals surface area (Å²) < 4.78 is 12.4. The second-order valence-electron chi connectivity index (χ2n) is 6.46. The summed E-state index contributed by atoms with van der Waals surface area (Å²) in [5.41, 5.74) is 0.438. The molecule has 0 radical (unpaired) electrons. The lowest BCUT2D eigenvalue weighted by Gasteiger charge is -2.39. The average molecular weight is 320 g/mol. The molecular weight excluding hydrogens is 300 g/mol. The number of carbonyl (C=O) groups is 1. The van der Waals surface area contributed by atoms with Crippen LogP contribution < -0.4 is 4.74 Å². The van der Waals surface area contributed by atoms with Gasteiger partial charge in [0.05, 0.1) is 22.8 Å². The molecule has 6 heteroatoms. The van der Waals surface area contributed by atoms with Gasteiger partial charge >= 0.3 is 6.09 Å². The molecule has 2 aromatic rings. The third kappa shape index (κ3) is 3.16. The normalized spacial score (nSPS) is 15.7. The van der Waals surface area contributed by atoms with Gasteiger partial charge < -0.3 is 14.4 Å². The van der Waals surface area contributed by atoms with Gasteiger partial charge in [-0.15, -0.1) is 11.3 Å². The molecule has 0 aliphatic carbocycles. The predicted molar refractivity (Wildman–Crippen MR) is 86.6 cm³/mol. The molecule has 0 bridgehead atoms. The van der Waals surface area contributed by atoms with Crippen LogP contribution in [0, 0.1) is 6.92 Å². The van der Waals surface area contributed by atoms with Gasteiger partial charge in [0.2, 0.25) is 0 Å². The van der Waals surface area contributed by atoms with E-state index in [1.807, 2.05) is 45.9 Å². The second kappa shape index (κ2) is 5.43. The first-order chi connectivity index (χ1) is 10.3. The number of likely N-dealkylation sites (tertiary alicyclic amines) is 1. The van der Waals surface area contributed by atoms with Crippen LogP contribution in [0.2, 0.25) is 0 Å². The van der Waals surface area contributed by atoms with Gasteiger partial charge in [-0.25, -0.2) is 9.78 Å². The molecular formula is C16H20N2O3S. The van der Waals surface area contributed by atoms with Crippen LogP contribution in [0.4, 0.5) is 4.79 Å². The van der Waals surface area contributed by atoms with Gasteiger partial charge in [-0.3, -0.25) is 0 Å². The number of aryl methyl sites for hydroxylation is 1. The molecule has 22 heavy (non-hydrogen) atoms. The van der Waals surface area contributed by atoms with E-state index in [2.05, 4.69) is 4.98 Å². The predicted octanol–water partition coefficient (Wildman–Crippen LogP) is 3.60. The highest BCUT2D eigenvalue weighted by Crippen LogP contribution is 2.31. The molecule has 5 nitrogen and oxygen atoms in total. The van der Waals surface area contributed by atoms with Crippen molar-refractivity contribution >= 4 is 27.6 Å². The number of fused-ring (bicyclic) bond motifs is 1. The van der Waals surface area contributed by atoms with E-state index < -0.39 is 5.60 Å². The minimum absolute atomic E-state index is 0.000115. The lowest BCUT2D eigenvalue weighted by Crippen LogP contribution is -2.57. The highest BCUT2D eigenvalue weighted by Gasteiger charge is 2.35. The molecule has 0 atom stereocenters. The third-order valence-electron chi connectivity index (χ3n) is 3.28. The molecule has 118 valence electrons. The van der Waals surface area contributed by atoms with E-state index in [1.165, 1.54) is 0 Å². The number of aromatic nitrogens is 1. The van der Waals surface area contributed by atoms with Crippen LogP contribution in [0.3, 0.4) is 0 Å². The molecule has 1 aromatic heterocycles. The molecule has 0 saturated carbocycles. The van der Waals surface area contributed by atoms with Gasteiger partial charge in [-0.2, -0.15) is 0 Å². The Kier molecular flexibility index (Phi) is 3.72. The Balaban J connectivity index is 1.61. The lowest BCUT2D eigenvalue weighted by molar-refractivity contribution is -0.0218. The van der Waals surface area contributed by atoms with Crippen molar-refractivity contribution in [1.29, 1.82) is 0 Å². The summed E-state index contributed by atoms with van der Waals surface area (Å²) in [6.45, 7) is 8.68. The quantitative estimate of drug-likeness (QED) is 0.848. The number of rotatable bonds is 2. The van der Waals surface area contributed by atoms with Crippen molar-refractivity contribution in [3.05, 3.63) is 23.2 Å². The maximum Gasteiger partial charge on any atom is 0.410 e. The standard InChI is InChI=1S/C16H20N2O3S/c1-10-17-14-12(6-5-7-13(14)22-10)20-11-8-18(9-11)15(19)21-16(2,3)4/h5-7,11H,8-9H2,1-4H3. The number of para-hydroxylation sites is 1. The summed E-state index contributed by atoms with van der Waals surface area (Å²) in [7, 11) is 0. The average Bonchev–Trinajstić information content (AvgIpc) is 2.71. The van der Waals surface area contributed by atoms with E-state index in [9.17, 15) is 4.79 Å². The van der Waals surface area contributed by atoms with Gasteiger partial charge in [0.1, 0.15) is 23.0 Å². The fraction of sp³-hybridized carbons (Fsp3) is 0.500. The first kappa shape index (κ1) is 15.1. The van der Waals surface area contributed by atoms with Crippen LogP contribution in [-0.4, -0.2) is 40.8 Å². The van der Waals surface area contributed by atoms with E-state index in [4.69, 9.17) is 9.47 Å². The summed E-state index contributed by atoms with van der Waals surface area (Å²) in [6, 6.07) is 5.94. The van der Waals surface area contributed by atoms with E-state index in [0.29, 0.717) is 13.1 Å². The molecule has 0 unspecified atom stereocenters. The first-order valence-corrected chi connectivity index (χ1v) is 8.14. The molecule has 1 aliphatic heterocycles. The van der Waals surface area contributed by atoms with Crippen molar-refractivity contribution < 1.29 is 14.3 Å². The van der Waals surface area contributed by atoms with Crippen LogP contribution in [0.5, 0.6) is 5.75 Å². The van der Waals surface area contributed by atoms with E-state index >= 15 is 0 Å². The summed E-state index contributed by atoms with van der Waals surface area (Å²) >= 11 is 1.66. The Bertz CT molecular complexity index is 699. The van der Waals surface area contributed by atoms with Crippen molar-refractivity contribution in [2.24, 2.45) is 0 Å². The molecule has 2 heterocycles. The zero-order valence-electron chi connectivity index (χ0n) is 13.3. The van der Waals surface area contributed by atoms with Crippen molar-refractivity contribution in [2.45, 2.75) is 39.4 Å². The van der Waals surface area contributed by atoms with E-state index in [1.54, 1.807) is 16.2 Å². The number of hydrogen-bond donors (Lipinski definition) is 0. The van der Waals surface area contributed by atoms with Crippen LogP contribution in [-0.2, 0) is 4.74 Å².